The molecule has 0 saturated carbocycles. The van der Waals surface area contributed by atoms with Crippen molar-refractivity contribution >= 4 is 17.4 Å². The molecule has 36 heavy (non-hydrogen) atoms. The Labute approximate surface area is 213 Å². The summed E-state index contributed by atoms with van der Waals surface area (Å²) in [6, 6.07) is 11.9. The maximum absolute atomic E-state index is 13.2. The highest BCUT2D eigenvalue weighted by atomic mass is 16.5. The SMILES string of the molecule is CCCOc1ccc(C2/C(=C(/O)c3ccc(OCC)c(C(C)(C)C)c3)C(=O)C(=O)N2CCOC)cc1. The van der Waals surface area contributed by atoms with Crippen molar-refractivity contribution in [2.24, 2.45) is 0 Å². The van der Waals surface area contributed by atoms with Gasteiger partial charge in [-0.15, -0.1) is 0 Å². The molecule has 1 unspecified atom stereocenters. The van der Waals surface area contributed by atoms with E-state index in [1.807, 2.05) is 44.2 Å². The van der Waals surface area contributed by atoms with Crippen LogP contribution in [-0.2, 0) is 19.7 Å². The largest absolute Gasteiger partial charge is 0.507 e. The van der Waals surface area contributed by atoms with E-state index in [0.717, 1.165) is 17.7 Å². The first-order valence-corrected chi connectivity index (χ1v) is 12.4. The molecule has 0 aliphatic carbocycles. The van der Waals surface area contributed by atoms with Crippen LogP contribution >= 0.6 is 0 Å². The Morgan fingerprint density at radius 2 is 1.69 bits per heavy atom. The summed E-state index contributed by atoms with van der Waals surface area (Å²) in [6.07, 6.45) is 0.886. The smallest absolute Gasteiger partial charge is 0.295 e. The number of Topliss-reactive ketones (excluding diaryl/α,β-unsaturated/α-hetero) is 1. The van der Waals surface area contributed by atoms with Gasteiger partial charge < -0.3 is 24.2 Å². The molecule has 1 amide bonds. The van der Waals surface area contributed by atoms with Gasteiger partial charge in [0.25, 0.3) is 11.7 Å². The monoisotopic (exact) mass is 495 g/mol. The topological polar surface area (TPSA) is 85.3 Å². The molecule has 1 atom stereocenters. The molecule has 0 aromatic heterocycles. The van der Waals surface area contributed by atoms with E-state index in [-0.39, 0.29) is 29.9 Å². The number of hydrogen-bond donors (Lipinski definition) is 1. The zero-order valence-corrected chi connectivity index (χ0v) is 22.1. The first kappa shape index (κ1) is 27.3. The van der Waals surface area contributed by atoms with Crippen LogP contribution in [0.15, 0.2) is 48.0 Å². The summed E-state index contributed by atoms with van der Waals surface area (Å²) >= 11 is 0. The van der Waals surface area contributed by atoms with Gasteiger partial charge in [-0.25, -0.2) is 0 Å². The van der Waals surface area contributed by atoms with Crippen LogP contribution in [0.4, 0.5) is 0 Å². The van der Waals surface area contributed by atoms with Crippen LogP contribution in [0.1, 0.15) is 63.8 Å². The standard InChI is InChI=1S/C29H37NO6/c1-7-16-36-21-12-9-19(10-13-21)25-24(27(32)28(33)30(25)15-17-34-6)26(31)20-11-14-23(35-8-2)22(18-20)29(3,4)5/h9-14,18,25,31H,7-8,15-17H2,1-6H3/b26-24-. The van der Waals surface area contributed by atoms with Crippen LogP contribution in [0.3, 0.4) is 0 Å². The maximum Gasteiger partial charge on any atom is 0.295 e. The van der Waals surface area contributed by atoms with Gasteiger partial charge in [-0.1, -0.05) is 39.8 Å². The number of carbonyl (C=O) groups is 2. The fourth-order valence-electron chi connectivity index (χ4n) is 4.31. The van der Waals surface area contributed by atoms with E-state index in [1.165, 1.54) is 4.90 Å². The van der Waals surface area contributed by atoms with Crippen LogP contribution in [0.2, 0.25) is 0 Å². The second kappa shape index (κ2) is 11.6. The summed E-state index contributed by atoms with van der Waals surface area (Å²) in [5, 5.41) is 11.4. The molecule has 1 fully saturated rings. The van der Waals surface area contributed by atoms with Gasteiger partial charge in [0.1, 0.15) is 17.3 Å². The van der Waals surface area contributed by atoms with E-state index in [2.05, 4.69) is 20.8 Å². The Bertz CT molecular complexity index is 1110. The summed E-state index contributed by atoms with van der Waals surface area (Å²) in [5.74, 6) is -0.159. The number of rotatable bonds is 10. The van der Waals surface area contributed by atoms with Gasteiger partial charge >= 0.3 is 0 Å². The van der Waals surface area contributed by atoms with Crippen LogP contribution in [-0.4, -0.2) is 55.2 Å². The van der Waals surface area contributed by atoms with Crippen LogP contribution in [0, 0.1) is 0 Å². The highest BCUT2D eigenvalue weighted by Gasteiger charge is 2.46. The summed E-state index contributed by atoms with van der Waals surface area (Å²) in [5.41, 5.74) is 1.86. The van der Waals surface area contributed by atoms with Crippen molar-refractivity contribution in [2.75, 3.05) is 33.5 Å². The van der Waals surface area contributed by atoms with Gasteiger partial charge in [-0.2, -0.15) is 0 Å². The molecule has 1 aliphatic heterocycles. The molecule has 2 aromatic carbocycles. The quantitative estimate of drug-likeness (QED) is 0.276. The molecule has 1 heterocycles. The lowest BCUT2D eigenvalue weighted by molar-refractivity contribution is -0.140. The Morgan fingerprint density at radius 3 is 2.28 bits per heavy atom. The molecule has 0 radical (unpaired) electrons. The number of hydrogen-bond acceptors (Lipinski definition) is 6. The summed E-state index contributed by atoms with van der Waals surface area (Å²) in [4.78, 5) is 27.7. The number of ketones is 1. The molecule has 1 aliphatic rings. The van der Waals surface area contributed by atoms with Gasteiger partial charge in [0.05, 0.1) is 31.4 Å². The summed E-state index contributed by atoms with van der Waals surface area (Å²) in [6.45, 7) is 11.7. The second-order valence-electron chi connectivity index (χ2n) is 9.80. The lowest BCUT2D eigenvalue weighted by Gasteiger charge is -2.26. The van der Waals surface area contributed by atoms with Crippen LogP contribution < -0.4 is 9.47 Å². The van der Waals surface area contributed by atoms with E-state index < -0.39 is 17.7 Å². The number of aliphatic hydroxyl groups is 1. The molecule has 2 aromatic rings. The maximum atomic E-state index is 13.2. The minimum Gasteiger partial charge on any atom is -0.507 e. The molecule has 7 heteroatoms. The van der Waals surface area contributed by atoms with Crippen LogP contribution in [0.5, 0.6) is 11.5 Å². The second-order valence-corrected chi connectivity index (χ2v) is 9.80. The van der Waals surface area contributed by atoms with Crippen molar-refractivity contribution in [2.45, 2.75) is 52.5 Å². The van der Waals surface area contributed by atoms with Crippen molar-refractivity contribution < 1.29 is 28.9 Å². The Morgan fingerprint density at radius 1 is 1.00 bits per heavy atom. The third kappa shape index (κ3) is 5.73. The highest BCUT2D eigenvalue weighted by Crippen LogP contribution is 2.41. The zero-order valence-electron chi connectivity index (χ0n) is 22.1. The van der Waals surface area contributed by atoms with Gasteiger partial charge in [-0.3, -0.25) is 9.59 Å². The van der Waals surface area contributed by atoms with Crippen molar-refractivity contribution in [3.05, 3.63) is 64.7 Å². The van der Waals surface area contributed by atoms with Crippen molar-refractivity contribution in [1.29, 1.82) is 0 Å². The fraction of sp³-hybridized carbons (Fsp3) is 0.448. The summed E-state index contributed by atoms with van der Waals surface area (Å²) in [7, 11) is 1.54. The molecule has 194 valence electrons. The minimum atomic E-state index is -0.745. The van der Waals surface area contributed by atoms with E-state index in [9.17, 15) is 14.7 Å². The third-order valence-corrected chi connectivity index (χ3v) is 6.11. The van der Waals surface area contributed by atoms with E-state index in [4.69, 9.17) is 14.2 Å². The molecule has 1 saturated heterocycles. The first-order chi connectivity index (χ1) is 17.1. The normalized spacial score (nSPS) is 17.5. The van der Waals surface area contributed by atoms with Gasteiger partial charge in [0, 0.05) is 24.8 Å². The van der Waals surface area contributed by atoms with Crippen molar-refractivity contribution in [3.63, 3.8) is 0 Å². The highest BCUT2D eigenvalue weighted by molar-refractivity contribution is 6.46. The number of benzene rings is 2. The van der Waals surface area contributed by atoms with Gasteiger partial charge in [0.2, 0.25) is 0 Å². The predicted molar refractivity (Wildman–Crippen MR) is 139 cm³/mol. The Kier molecular flexibility index (Phi) is 8.79. The van der Waals surface area contributed by atoms with Crippen LogP contribution in [0.25, 0.3) is 5.76 Å². The van der Waals surface area contributed by atoms with E-state index in [0.29, 0.717) is 30.1 Å². The van der Waals surface area contributed by atoms with Gasteiger partial charge in [0.15, 0.2) is 0 Å². The Hall–Kier alpha value is -3.32. The van der Waals surface area contributed by atoms with Crippen molar-refractivity contribution in [1.82, 2.24) is 4.90 Å². The molecular formula is C29H37NO6. The number of nitrogens with zero attached hydrogens (tertiary/aromatic N) is 1. The predicted octanol–water partition coefficient (Wildman–Crippen LogP) is 5.24. The third-order valence-electron chi connectivity index (χ3n) is 6.11. The average molecular weight is 496 g/mol. The van der Waals surface area contributed by atoms with E-state index >= 15 is 0 Å². The lowest BCUT2D eigenvalue weighted by Crippen LogP contribution is -2.32. The Balaban J connectivity index is 2.14. The summed E-state index contributed by atoms with van der Waals surface area (Å²) < 4.78 is 16.7. The minimum absolute atomic E-state index is 0.0577. The zero-order chi connectivity index (χ0) is 26.5. The van der Waals surface area contributed by atoms with E-state index in [1.54, 1.807) is 19.2 Å². The first-order valence-electron chi connectivity index (χ1n) is 12.4. The number of ether oxygens (including phenoxy) is 3. The molecular weight excluding hydrogens is 458 g/mol. The number of aliphatic hydroxyl groups excluding tert-OH is 1. The number of carbonyl (C=O) groups excluding carboxylic acids is 2. The average Bonchev–Trinajstić information content (AvgIpc) is 3.10. The molecule has 0 spiro atoms. The lowest BCUT2D eigenvalue weighted by atomic mass is 9.84. The number of likely N-dealkylation sites (tertiary alicyclic amines) is 1. The molecule has 0 bridgehead atoms. The molecule has 7 nitrogen and oxygen atoms in total. The number of amides is 1. The number of methoxy groups -OCH3 is 1. The fourth-order valence-corrected chi connectivity index (χ4v) is 4.31. The van der Waals surface area contributed by atoms with Gasteiger partial charge in [-0.05, 0) is 54.7 Å². The molecule has 3 rings (SSSR count). The molecule has 1 N–H and O–H groups in total. The van der Waals surface area contributed by atoms with Crippen molar-refractivity contribution in [3.8, 4) is 11.5 Å².